The Labute approximate surface area is 108 Å². The number of anilines is 2. The molecule has 98 valence electrons. The molecule has 4 nitrogen and oxygen atoms in total. The minimum Gasteiger partial charge on any atom is -0.484 e. The van der Waals surface area contributed by atoms with Crippen molar-refractivity contribution in [3.05, 3.63) is 0 Å². The molecule has 0 amide bonds. The molecule has 0 radical (unpaired) electrons. The van der Waals surface area contributed by atoms with Crippen LogP contribution in [0.5, 0.6) is 5.75 Å². The van der Waals surface area contributed by atoms with E-state index >= 15 is 0 Å². The van der Waals surface area contributed by atoms with Crippen LogP contribution in [-0.4, -0.2) is 23.1 Å². The van der Waals surface area contributed by atoms with E-state index in [9.17, 15) is 0 Å². The Kier molecular flexibility index (Phi) is 4.25. The lowest BCUT2D eigenvalue weighted by molar-refractivity contribution is 0.244. The van der Waals surface area contributed by atoms with Crippen molar-refractivity contribution in [1.82, 2.24) is 4.37 Å². The first-order chi connectivity index (χ1) is 7.79. The number of ether oxygens (including phenoxy) is 1. The number of aromatic nitrogens is 1. The van der Waals surface area contributed by atoms with E-state index < -0.39 is 0 Å². The van der Waals surface area contributed by atoms with Crippen LogP contribution in [0.3, 0.4) is 0 Å². The normalized spacial score (nSPS) is 11.9. The van der Waals surface area contributed by atoms with Crippen LogP contribution in [0.25, 0.3) is 0 Å². The van der Waals surface area contributed by atoms with Crippen molar-refractivity contribution in [2.45, 2.75) is 52.7 Å². The Morgan fingerprint density at radius 3 is 2.53 bits per heavy atom. The number of nitrogens with zero attached hydrogens (tertiary/aromatic N) is 2. The van der Waals surface area contributed by atoms with Crippen molar-refractivity contribution in [2.75, 3.05) is 17.7 Å². The van der Waals surface area contributed by atoms with Gasteiger partial charge >= 0.3 is 0 Å². The standard InChI is InChI=1S/C12H23N3OS/c1-7-12(4,5)15(6)11-9(16-8(2)3)10(13)14-17-11/h8H,7H2,1-6H3,(H2,13,14). The van der Waals surface area contributed by atoms with E-state index in [0.29, 0.717) is 11.6 Å². The zero-order valence-corrected chi connectivity index (χ0v) is 12.4. The lowest BCUT2D eigenvalue weighted by Crippen LogP contribution is -2.40. The van der Waals surface area contributed by atoms with E-state index in [1.54, 1.807) is 0 Å². The SMILES string of the molecule is CCC(C)(C)N(C)c1snc(N)c1OC(C)C. The zero-order chi connectivity index (χ0) is 13.2. The fourth-order valence-corrected chi connectivity index (χ4v) is 2.23. The Morgan fingerprint density at radius 1 is 1.47 bits per heavy atom. The van der Waals surface area contributed by atoms with Gasteiger partial charge in [0.1, 0.15) is 0 Å². The molecule has 1 aromatic heterocycles. The number of nitrogens with two attached hydrogens (primary N) is 1. The van der Waals surface area contributed by atoms with Crippen LogP contribution in [0.15, 0.2) is 0 Å². The summed E-state index contributed by atoms with van der Waals surface area (Å²) in [6.07, 6.45) is 1.15. The minimum absolute atomic E-state index is 0.0636. The fourth-order valence-electron chi connectivity index (χ4n) is 1.36. The highest BCUT2D eigenvalue weighted by molar-refractivity contribution is 7.11. The van der Waals surface area contributed by atoms with E-state index in [1.807, 2.05) is 13.8 Å². The molecule has 0 unspecified atom stereocenters. The van der Waals surface area contributed by atoms with E-state index in [4.69, 9.17) is 10.5 Å². The van der Waals surface area contributed by atoms with Gasteiger partial charge in [-0.05, 0) is 45.6 Å². The van der Waals surface area contributed by atoms with E-state index in [2.05, 4.69) is 37.1 Å². The van der Waals surface area contributed by atoms with Gasteiger partial charge in [0.05, 0.1) is 6.10 Å². The summed E-state index contributed by atoms with van der Waals surface area (Å²) in [4.78, 5) is 2.19. The van der Waals surface area contributed by atoms with Gasteiger partial charge in [0, 0.05) is 12.6 Å². The van der Waals surface area contributed by atoms with Crippen molar-refractivity contribution >= 4 is 22.4 Å². The highest BCUT2D eigenvalue weighted by atomic mass is 32.1. The van der Waals surface area contributed by atoms with E-state index in [0.717, 1.165) is 11.4 Å². The average molecular weight is 257 g/mol. The first kappa shape index (κ1) is 14.1. The van der Waals surface area contributed by atoms with Gasteiger partial charge in [0.15, 0.2) is 16.6 Å². The molecule has 1 aromatic rings. The van der Waals surface area contributed by atoms with Crippen LogP contribution in [0.1, 0.15) is 41.0 Å². The number of hydrogen-bond donors (Lipinski definition) is 1. The van der Waals surface area contributed by atoms with Gasteiger partial charge in [0.2, 0.25) is 0 Å². The monoisotopic (exact) mass is 257 g/mol. The van der Waals surface area contributed by atoms with Crippen LogP contribution >= 0.6 is 11.5 Å². The van der Waals surface area contributed by atoms with Gasteiger partial charge in [-0.1, -0.05) is 6.92 Å². The first-order valence-electron chi connectivity index (χ1n) is 5.95. The van der Waals surface area contributed by atoms with Crippen LogP contribution in [0.2, 0.25) is 0 Å². The molecule has 1 heterocycles. The third kappa shape index (κ3) is 3.03. The Morgan fingerprint density at radius 2 is 2.06 bits per heavy atom. The molecule has 1 rings (SSSR count). The predicted octanol–water partition coefficient (Wildman–Crippen LogP) is 3.14. The lowest BCUT2D eigenvalue weighted by Gasteiger charge is -2.35. The molecule has 0 spiro atoms. The first-order valence-corrected chi connectivity index (χ1v) is 6.72. The number of nitrogen functional groups attached to an aromatic ring is 1. The summed E-state index contributed by atoms with van der Waals surface area (Å²) < 4.78 is 9.95. The van der Waals surface area contributed by atoms with Crippen molar-refractivity contribution in [2.24, 2.45) is 0 Å². The molecule has 0 aliphatic carbocycles. The third-order valence-corrected chi connectivity index (χ3v) is 4.01. The molecular weight excluding hydrogens is 234 g/mol. The molecule has 5 heteroatoms. The molecule has 17 heavy (non-hydrogen) atoms. The lowest BCUT2D eigenvalue weighted by atomic mass is 10.0. The molecule has 0 saturated heterocycles. The van der Waals surface area contributed by atoms with Crippen LogP contribution in [-0.2, 0) is 0 Å². The number of hydrogen-bond acceptors (Lipinski definition) is 5. The summed E-state index contributed by atoms with van der Waals surface area (Å²) in [7, 11) is 2.06. The van der Waals surface area contributed by atoms with Crippen LogP contribution < -0.4 is 15.4 Å². The second-order valence-corrected chi connectivity index (χ2v) is 5.85. The average Bonchev–Trinajstić information content (AvgIpc) is 2.59. The van der Waals surface area contributed by atoms with Gasteiger partial charge < -0.3 is 15.4 Å². The van der Waals surface area contributed by atoms with Crippen LogP contribution in [0.4, 0.5) is 10.8 Å². The second-order valence-electron chi connectivity index (χ2n) is 5.09. The summed E-state index contributed by atoms with van der Waals surface area (Å²) in [5.74, 6) is 1.20. The second kappa shape index (κ2) is 5.12. The maximum Gasteiger partial charge on any atom is 0.198 e. The fraction of sp³-hybridized carbons (Fsp3) is 0.750. The summed E-state index contributed by atoms with van der Waals surface area (Å²) in [6, 6.07) is 0. The summed E-state index contributed by atoms with van der Waals surface area (Å²) in [5, 5.41) is 1.00. The molecule has 0 aliphatic heterocycles. The zero-order valence-electron chi connectivity index (χ0n) is 11.6. The largest absolute Gasteiger partial charge is 0.484 e. The molecule has 0 aliphatic rings. The van der Waals surface area contributed by atoms with Crippen molar-refractivity contribution < 1.29 is 4.74 Å². The molecule has 0 bridgehead atoms. The predicted molar refractivity (Wildman–Crippen MR) is 75.1 cm³/mol. The van der Waals surface area contributed by atoms with Gasteiger partial charge in [0.25, 0.3) is 0 Å². The molecular formula is C12H23N3OS. The minimum atomic E-state index is 0.0636. The summed E-state index contributed by atoms with van der Waals surface area (Å²) >= 11 is 1.39. The maximum atomic E-state index is 5.86. The molecule has 0 aromatic carbocycles. The van der Waals surface area contributed by atoms with Crippen molar-refractivity contribution in [3.8, 4) is 5.75 Å². The van der Waals surface area contributed by atoms with Gasteiger partial charge in [-0.3, -0.25) is 0 Å². The topological polar surface area (TPSA) is 51.4 Å². The Hall–Kier alpha value is -0.970. The smallest absolute Gasteiger partial charge is 0.198 e. The maximum absolute atomic E-state index is 5.86. The van der Waals surface area contributed by atoms with E-state index in [-0.39, 0.29) is 11.6 Å². The van der Waals surface area contributed by atoms with Gasteiger partial charge in [-0.15, -0.1) is 0 Å². The Balaban J connectivity index is 3.06. The molecule has 2 N–H and O–H groups in total. The Bertz CT molecular complexity index is 374. The molecule has 0 saturated carbocycles. The van der Waals surface area contributed by atoms with E-state index in [1.165, 1.54) is 11.5 Å². The number of rotatable bonds is 5. The third-order valence-electron chi connectivity index (χ3n) is 3.09. The summed E-state index contributed by atoms with van der Waals surface area (Å²) in [6.45, 7) is 10.5. The highest BCUT2D eigenvalue weighted by Gasteiger charge is 2.27. The molecule has 0 atom stereocenters. The summed E-state index contributed by atoms with van der Waals surface area (Å²) in [5.41, 5.74) is 5.92. The van der Waals surface area contributed by atoms with Gasteiger partial charge in [-0.2, -0.15) is 4.37 Å². The van der Waals surface area contributed by atoms with Gasteiger partial charge in [-0.25, -0.2) is 0 Å². The molecule has 0 fully saturated rings. The quantitative estimate of drug-likeness (QED) is 0.880. The van der Waals surface area contributed by atoms with Crippen molar-refractivity contribution in [3.63, 3.8) is 0 Å². The highest BCUT2D eigenvalue weighted by Crippen LogP contribution is 2.41. The van der Waals surface area contributed by atoms with Crippen molar-refractivity contribution in [1.29, 1.82) is 0 Å². The van der Waals surface area contributed by atoms with Crippen LogP contribution in [0, 0.1) is 0 Å².